The van der Waals surface area contributed by atoms with E-state index in [1.807, 2.05) is 30.0 Å². The van der Waals surface area contributed by atoms with Gasteiger partial charge in [0.25, 0.3) is 0 Å². The van der Waals surface area contributed by atoms with Crippen molar-refractivity contribution in [2.24, 2.45) is 0 Å². The minimum Gasteiger partial charge on any atom is -0.467 e. The van der Waals surface area contributed by atoms with E-state index in [-0.39, 0.29) is 6.04 Å². The molecule has 0 spiro atoms. The fourth-order valence-electron chi connectivity index (χ4n) is 2.22. The zero-order valence-corrected chi connectivity index (χ0v) is 13.0. The highest BCUT2D eigenvalue weighted by Gasteiger charge is 2.18. The predicted octanol–water partition coefficient (Wildman–Crippen LogP) is 4.49. The second-order valence-corrected chi connectivity index (χ2v) is 6.31. The van der Waals surface area contributed by atoms with Gasteiger partial charge in [-0.25, -0.2) is 0 Å². The third kappa shape index (κ3) is 4.43. The normalized spacial score (nSPS) is 14.1. The van der Waals surface area contributed by atoms with Gasteiger partial charge in [-0.15, -0.1) is 0 Å². The number of benzene rings is 1. The largest absolute Gasteiger partial charge is 0.467 e. The first-order valence-corrected chi connectivity index (χ1v) is 8.39. The lowest BCUT2D eigenvalue weighted by atomic mass is 10.0. The average molecular weight is 289 g/mol. The molecule has 0 aliphatic carbocycles. The summed E-state index contributed by atoms with van der Waals surface area (Å²) in [5.41, 5.74) is 1.25. The van der Waals surface area contributed by atoms with Gasteiger partial charge in [-0.3, -0.25) is 0 Å². The zero-order valence-electron chi connectivity index (χ0n) is 12.2. The molecule has 1 N–H and O–H groups in total. The van der Waals surface area contributed by atoms with Crippen molar-refractivity contribution in [3.05, 3.63) is 60.1 Å². The average Bonchev–Trinajstić information content (AvgIpc) is 3.00. The van der Waals surface area contributed by atoms with Gasteiger partial charge in [0.1, 0.15) is 5.76 Å². The summed E-state index contributed by atoms with van der Waals surface area (Å²) in [6, 6.07) is 15.1. The lowest BCUT2D eigenvalue weighted by molar-refractivity contribution is 0.410. The number of rotatable bonds is 8. The topological polar surface area (TPSA) is 25.2 Å². The predicted molar refractivity (Wildman–Crippen MR) is 87.2 cm³/mol. The summed E-state index contributed by atoms with van der Waals surface area (Å²) in [6.45, 7) is 4.45. The Bertz CT molecular complexity index is 469. The van der Waals surface area contributed by atoms with Crippen LogP contribution in [0, 0.1) is 0 Å². The molecule has 0 saturated heterocycles. The number of furan rings is 1. The van der Waals surface area contributed by atoms with Crippen LogP contribution in [0.1, 0.15) is 37.6 Å². The molecule has 2 rings (SSSR count). The van der Waals surface area contributed by atoms with Crippen LogP contribution in [0.15, 0.2) is 53.1 Å². The summed E-state index contributed by atoms with van der Waals surface area (Å²) in [6.07, 6.45) is 2.91. The highest BCUT2D eigenvalue weighted by atomic mass is 32.2. The Kier molecular flexibility index (Phi) is 6.22. The Morgan fingerprint density at radius 3 is 2.60 bits per heavy atom. The van der Waals surface area contributed by atoms with Crippen molar-refractivity contribution in [1.29, 1.82) is 0 Å². The molecule has 1 aromatic carbocycles. The Morgan fingerprint density at radius 2 is 1.95 bits per heavy atom. The molecule has 0 saturated carbocycles. The van der Waals surface area contributed by atoms with Gasteiger partial charge in [-0.2, -0.15) is 11.8 Å². The molecule has 3 heteroatoms. The molecule has 0 bridgehead atoms. The summed E-state index contributed by atoms with van der Waals surface area (Å²) in [4.78, 5) is 0. The molecule has 1 heterocycles. The van der Waals surface area contributed by atoms with Gasteiger partial charge in [0.15, 0.2) is 0 Å². The summed E-state index contributed by atoms with van der Waals surface area (Å²) < 4.78 is 5.61. The third-order valence-electron chi connectivity index (χ3n) is 3.31. The molecular weight excluding hydrogens is 266 g/mol. The highest BCUT2D eigenvalue weighted by molar-refractivity contribution is 7.99. The maximum Gasteiger partial charge on any atom is 0.125 e. The van der Waals surface area contributed by atoms with Crippen LogP contribution in [-0.2, 0) is 0 Å². The highest BCUT2D eigenvalue weighted by Crippen LogP contribution is 2.23. The molecule has 0 aliphatic heterocycles. The van der Waals surface area contributed by atoms with Gasteiger partial charge >= 0.3 is 0 Å². The molecular formula is C17H23NOS. The van der Waals surface area contributed by atoms with Gasteiger partial charge in [-0.1, -0.05) is 37.3 Å². The van der Waals surface area contributed by atoms with E-state index in [0.717, 1.165) is 5.76 Å². The van der Waals surface area contributed by atoms with E-state index in [1.54, 1.807) is 6.26 Å². The molecule has 0 fully saturated rings. The summed E-state index contributed by atoms with van der Waals surface area (Å²) in [5, 5.41) is 3.69. The standard InChI is InChI=1S/C17H23NOS/c1-3-20-13-11-14(2)18-17(16-10-7-12-19-16)15-8-5-4-6-9-15/h4-10,12,14,17-18H,3,11,13H2,1-2H3. The lowest BCUT2D eigenvalue weighted by Crippen LogP contribution is -2.31. The van der Waals surface area contributed by atoms with E-state index in [4.69, 9.17) is 4.42 Å². The summed E-state index contributed by atoms with van der Waals surface area (Å²) in [5.74, 6) is 3.36. The number of hydrogen-bond donors (Lipinski definition) is 1. The second kappa shape index (κ2) is 8.18. The van der Waals surface area contributed by atoms with Gasteiger partial charge in [0.05, 0.1) is 12.3 Å². The first-order chi connectivity index (χ1) is 9.81. The van der Waals surface area contributed by atoms with Crippen molar-refractivity contribution < 1.29 is 4.42 Å². The molecule has 0 radical (unpaired) electrons. The van der Waals surface area contributed by atoms with E-state index < -0.39 is 0 Å². The first kappa shape index (κ1) is 15.2. The summed E-state index contributed by atoms with van der Waals surface area (Å²) >= 11 is 1.99. The Balaban J connectivity index is 2.04. The molecule has 0 amide bonds. The van der Waals surface area contributed by atoms with E-state index in [2.05, 4.69) is 43.4 Å². The molecule has 2 unspecified atom stereocenters. The maximum absolute atomic E-state index is 5.61. The fraction of sp³-hybridized carbons (Fsp3) is 0.412. The van der Waals surface area contributed by atoms with E-state index in [1.165, 1.54) is 23.5 Å². The molecule has 1 aromatic heterocycles. The molecule has 20 heavy (non-hydrogen) atoms. The Labute approximate surface area is 126 Å². The monoisotopic (exact) mass is 289 g/mol. The van der Waals surface area contributed by atoms with Crippen LogP contribution in [0.25, 0.3) is 0 Å². The minimum absolute atomic E-state index is 0.132. The van der Waals surface area contributed by atoms with Crippen LogP contribution >= 0.6 is 11.8 Å². The van der Waals surface area contributed by atoms with Gasteiger partial charge in [0, 0.05) is 6.04 Å². The van der Waals surface area contributed by atoms with Crippen molar-refractivity contribution in [3.63, 3.8) is 0 Å². The van der Waals surface area contributed by atoms with Gasteiger partial charge in [0.2, 0.25) is 0 Å². The van der Waals surface area contributed by atoms with Crippen LogP contribution in [0.4, 0.5) is 0 Å². The SMILES string of the molecule is CCSCCC(C)NC(c1ccccc1)c1ccco1. The Morgan fingerprint density at radius 1 is 1.15 bits per heavy atom. The molecule has 2 atom stereocenters. The minimum atomic E-state index is 0.132. The molecule has 0 aliphatic rings. The molecule has 108 valence electrons. The van der Waals surface area contributed by atoms with E-state index in [0.29, 0.717) is 6.04 Å². The second-order valence-electron chi connectivity index (χ2n) is 4.91. The van der Waals surface area contributed by atoms with Crippen molar-refractivity contribution in [1.82, 2.24) is 5.32 Å². The van der Waals surface area contributed by atoms with Crippen molar-refractivity contribution in [2.45, 2.75) is 32.4 Å². The molecule has 2 aromatic rings. The number of thioether (sulfide) groups is 1. The Hall–Kier alpha value is -1.19. The fourth-order valence-corrected chi connectivity index (χ4v) is 3.02. The van der Waals surface area contributed by atoms with Crippen molar-refractivity contribution in [3.8, 4) is 0 Å². The third-order valence-corrected chi connectivity index (χ3v) is 4.24. The zero-order chi connectivity index (χ0) is 14.2. The summed E-state index contributed by atoms with van der Waals surface area (Å²) in [7, 11) is 0. The number of nitrogens with one attached hydrogen (secondary N) is 1. The van der Waals surface area contributed by atoms with Crippen LogP contribution < -0.4 is 5.32 Å². The van der Waals surface area contributed by atoms with Crippen molar-refractivity contribution in [2.75, 3.05) is 11.5 Å². The van der Waals surface area contributed by atoms with Crippen LogP contribution in [-0.4, -0.2) is 17.5 Å². The quantitative estimate of drug-likeness (QED) is 0.725. The first-order valence-electron chi connectivity index (χ1n) is 7.23. The maximum atomic E-state index is 5.61. The molecule has 2 nitrogen and oxygen atoms in total. The van der Waals surface area contributed by atoms with Crippen LogP contribution in [0.5, 0.6) is 0 Å². The van der Waals surface area contributed by atoms with Crippen molar-refractivity contribution >= 4 is 11.8 Å². The van der Waals surface area contributed by atoms with Crippen LogP contribution in [0.3, 0.4) is 0 Å². The van der Waals surface area contributed by atoms with Gasteiger partial charge < -0.3 is 9.73 Å². The van der Waals surface area contributed by atoms with E-state index >= 15 is 0 Å². The lowest BCUT2D eigenvalue weighted by Gasteiger charge is -2.22. The van der Waals surface area contributed by atoms with E-state index in [9.17, 15) is 0 Å². The number of hydrogen-bond acceptors (Lipinski definition) is 3. The smallest absolute Gasteiger partial charge is 0.125 e. The van der Waals surface area contributed by atoms with Crippen LogP contribution in [0.2, 0.25) is 0 Å². The van der Waals surface area contributed by atoms with Gasteiger partial charge in [-0.05, 0) is 42.5 Å².